The van der Waals surface area contributed by atoms with E-state index in [4.69, 9.17) is 9.84 Å². The second-order valence-corrected chi connectivity index (χ2v) is 6.31. The Balaban J connectivity index is 2.12. The Hall–Kier alpha value is -1.08. The minimum Gasteiger partial charge on any atom is -0.481 e. The van der Waals surface area contributed by atoms with Crippen molar-refractivity contribution >= 4 is 17.7 Å². The molecule has 0 saturated carbocycles. The number of hydrogen-bond donors (Lipinski definition) is 1. The molecule has 1 aromatic heterocycles. The lowest BCUT2D eigenvalue weighted by atomic mass is 10.0. The summed E-state index contributed by atoms with van der Waals surface area (Å²) in [4.78, 5) is 10.7. The van der Waals surface area contributed by atoms with Crippen LogP contribution in [0, 0.1) is 5.92 Å². The first-order valence-electron chi connectivity index (χ1n) is 6.93. The molecule has 1 aliphatic rings. The van der Waals surface area contributed by atoms with E-state index in [-0.39, 0.29) is 11.7 Å². The summed E-state index contributed by atoms with van der Waals surface area (Å²) in [5.41, 5.74) is 0. The minimum absolute atomic E-state index is 0.0113. The molecule has 2 heterocycles. The van der Waals surface area contributed by atoms with Gasteiger partial charge >= 0.3 is 5.97 Å². The van der Waals surface area contributed by atoms with Gasteiger partial charge in [-0.25, -0.2) is 0 Å². The molecule has 1 N–H and O–H groups in total. The van der Waals surface area contributed by atoms with Crippen LogP contribution in [-0.2, 0) is 16.1 Å². The monoisotopic (exact) mass is 299 g/mol. The molecule has 0 amide bonds. The third kappa shape index (κ3) is 3.96. The van der Waals surface area contributed by atoms with E-state index in [0.29, 0.717) is 11.1 Å². The van der Waals surface area contributed by atoms with Crippen molar-refractivity contribution in [2.75, 3.05) is 19.0 Å². The molecule has 20 heavy (non-hydrogen) atoms. The highest BCUT2D eigenvalue weighted by molar-refractivity contribution is 7.99. The van der Waals surface area contributed by atoms with Crippen LogP contribution in [0.5, 0.6) is 0 Å². The van der Waals surface area contributed by atoms with Gasteiger partial charge in [0.1, 0.15) is 5.82 Å². The van der Waals surface area contributed by atoms with E-state index in [1.165, 1.54) is 11.8 Å². The van der Waals surface area contributed by atoms with E-state index in [2.05, 4.69) is 28.6 Å². The first kappa shape index (κ1) is 15.3. The van der Waals surface area contributed by atoms with Crippen LogP contribution in [0.4, 0.5) is 0 Å². The topological polar surface area (TPSA) is 77.2 Å². The number of carboxylic acids is 1. The van der Waals surface area contributed by atoms with E-state index in [0.717, 1.165) is 38.4 Å². The van der Waals surface area contributed by atoms with Crippen LogP contribution >= 0.6 is 11.8 Å². The average molecular weight is 299 g/mol. The molecular formula is C13H21N3O3S. The number of nitrogens with zero attached hydrogens (tertiary/aromatic N) is 3. The highest BCUT2D eigenvalue weighted by Gasteiger charge is 2.21. The van der Waals surface area contributed by atoms with Gasteiger partial charge in [-0.1, -0.05) is 25.6 Å². The Morgan fingerprint density at radius 3 is 2.95 bits per heavy atom. The van der Waals surface area contributed by atoms with Gasteiger partial charge in [-0.15, -0.1) is 10.2 Å². The van der Waals surface area contributed by atoms with Gasteiger partial charge in [0, 0.05) is 25.0 Å². The molecule has 0 aromatic carbocycles. The second-order valence-electron chi connectivity index (χ2n) is 5.37. The molecule has 1 saturated heterocycles. The van der Waals surface area contributed by atoms with Crippen molar-refractivity contribution in [1.82, 2.24) is 14.8 Å². The number of carbonyl (C=O) groups is 1. The maximum Gasteiger partial charge on any atom is 0.313 e. The summed E-state index contributed by atoms with van der Waals surface area (Å²) in [7, 11) is 0. The Morgan fingerprint density at radius 1 is 1.55 bits per heavy atom. The average Bonchev–Trinajstić information content (AvgIpc) is 2.80. The first-order chi connectivity index (χ1) is 9.58. The zero-order valence-corrected chi connectivity index (χ0v) is 12.7. The SMILES string of the molecule is CC(C)c1nnc(SCC(=O)O)n1CC1CCCOC1. The van der Waals surface area contributed by atoms with E-state index in [1.807, 2.05) is 0 Å². The van der Waals surface area contributed by atoms with Crippen molar-refractivity contribution in [3.63, 3.8) is 0 Å². The highest BCUT2D eigenvalue weighted by atomic mass is 32.2. The van der Waals surface area contributed by atoms with Gasteiger partial charge in [0.05, 0.1) is 12.4 Å². The predicted molar refractivity (Wildman–Crippen MR) is 76.0 cm³/mol. The molecule has 0 bridgehead atoms. The molecule has 0 aliphatic carbocycles. The van der Waals surface area contributed by atoms with Gasteiger partial charge in [0.2, 0.25) is 0 Å². The molecule has 7 heteroatoms. The van der Waals surface area contributed by atoms with Crippen molar-refractivity contribution < 1.29 is 14.6 Å². The van der Waals surface area contributed by atoms with Crippen LogP contribution in [0.1, 0.15) is 38.4 Å². The maximum absolute atomic E-state index is 10.7. The largest absolute Gasteiger partial charge is 0.481 e. The molecule has 0 radical (unpaired) electrons. The van der Waals surface area contributed by atoms with Crippen LogP contribution in [0.2, 0.25) is 0 Å². The predicted octanol–water partition coefficient (Wildman–Crippen LogP) is 2.00. The molecule has 0 spiro atoms. The fourth-order valence-electron chi connectivity index (χ4n) is 2.34. The molecule has 1 aliphatic heterocycles. The summed E-state index contributed by atoms with van der Waals surface area (Å²) < 4.78 is 7.58. The smallest absolute Gasteiger partial charge is 0.313 e. The summed E-state index contributed by atoms with van der Waals surface area (Å²) in [6, 6.07) is 0. The van der Waals surface area contributed by atoms with Gasteiger partial charge in [-0.3, -0.25) is 4.79 Å². The lowest BCUT2D eigenvalue weighted by molar-refractivity contribution is -0.133. The number of aliphatic carboxylic acids is 1. The summed E-state index contributed by atoms with van der Waals surface area (Å²) in [6.07, 6.45) is 2.22. The lowest BCUT2D eigenvalue weighted by Gasteiger charge is -2.24. The summed E-state index contributed by atoms with van der Waals surface area (Å²) >= 11 is 1.23. The van der Waals surface area contributed by atoms with Crippen molar-refractivity contribution in [3.05, 3.63) is 5.82 Å². The van der Waals surface area contributed by atoms with E-state index in [9.17, 15) is 4.79 Å². The standard InChI is InChI=1S/C13H21N3O3S/c1-9(2)12-14-15-13(20-8-11(17)18)16(12)6-10-4-3-5-19-7-10/h9-10H,3-8H2,1-2H3,(H,17,18). The Kier molecular flexibility index (Phi) is 5.42. The van der Waals surface area contributed by atoms with Crippen LogP contribution < -0.4 is 0 Å². The third-order valence-electron chi connectivity index (χ3n) is 3.28. The number of hydrogen-bond acceptors (Lipinski definition) is 5. The molecule has 2 rings (SSSR count). The van der Waals surface area contributed by atoms with Gasteiger partial charge in [0.15, 0.2) is 5.16 Å². The Labute approximate surface area is 122 Å². The highest BCUT2D eigenvalue weighted by Crippen LogP contribution is 2.25. The van der Waals surface area contributed by atoms with E-state index < -0.39 is 5.97 Å². The maximum atomic E-state index is 10.7. The van der Waals surface area contributed by atoms with Gasteiger partial charge in [0.25, 0.3) is 0 Å². The summed E-state index contributed by atoms with van der Waals surface area (Å²) in [5.74, 6) is 0.824. The lowest BCUT2D eigenvalue weighted by Crippen LogP contribution is -2.23. The fourth-order valence-corrected chi connectivity index (χ4v) is 3.02. The van der Waals surface area contributed by atoms with Crippen LogP contribution in [0.15, 0.2) is 5.16 Å². The molecule has 6 nitrogen and oxygen atoms in total. The fraction of sp³-hybridized carbons (Fsp3) is 0.769. The Morgan fingerprint density at radius 2 is 2.35 bits per heavy atom. The second kappa shape index (κ2) is 7.08. The van der Waals surface area contributed by atoms with Crippen molar-refractivity contribution in [3.8, 4) is 0 Å². The zero-order chi connectivity index (χ0) is 14.5. The molecule has 1 aromatic rings. The third-order valence-corrected chi connectivity index (χ3v) is 4.23. The summed E-state index contributed by atoms with van der Waals surface area (Å²) in [5, 5.41) is 17.9. The van der Waals surface area contributed by atoms with E-state index in [1.54, 1.807) is 0 Å². The number of thioether (sulfide) groups is 1. The van der Waals surface area contributed by atoms with Crippen LogP contribution in [0.25, 0.3) is 0 Å². The van der Waals surface area contributed by atoms with Crippen molar-refractivity contribution in [2.24, 2.45) is 5.92 Å². The van der Waals surface area contributed by atoms with Crippen molar-refractivity contribution in [2.45, 2.75) is 44.3 Å². The van der Waals surface area contributed by atoms with Gasteiger partial charge in [-0.05, 0) is 12.8 Å². The van der Waals surface area contributed by atoms with Crippen molar-refractivity contribution in [1.29, 1.82) is 0 Å². The van der Waals surface area contributed by atoms with Crippen LogP contribution in [0.3, 0.4) is 0 Å². The van der Waals surface area contributed by atoms with Crippen LogP contribution in [-0.4, -0.2) is 44.8 Å². The normalized spacial score (nSPS) is 19.4. The van der Waals surface area contributed by atoms with E-state index >= 15 is 0 Å². The number of rotatable bonds is 6. The quantitative estimate of drug-likeness (QED) is 0.810. The van der Waals surface area contributed by atoms with Gasteiger partial charge < -0.3 is 14.4 Å². The number of ether oxygens (including phenoxy) is 1. The number of aromatic nitrogens is 3. The molecule has 1 atom stereocenters. The Bertz CT molecular complexity index is 456. The van der Waals surface area contributed by atoms with Gasteiger partial charge in [-0.2, -0.15) is 0 Å². The first-order valence-corrected chi connectivity index (χ1v) is 7.92. The number of carboxylic acid groups (broad SMARTS) is 1. The molecule has 1 fully saturated rings. The summed E-state index contributed by atoms with van der Waals surface area (Å²) in [6.45, 7) is 6.56. The molecule has 1 unspecified atom stereocenters. The molecule has 112 valence electrons. The zero-order valence-electron chi connectivity index (χ0n) is 11.9. The molecular weight excluding hydrogens is 278 g/mol. The minimum atomic E-state index is -0.836.